The van der Waals surface area contributed by atoms with Crippen molar-refractivity contribution >= 4 is 17.2 Å². The van der Waals surface area contributed by atoms with Crippen LogP contribution in [0.1, 0.15) is 37.2 Å². The lowest BCUT2D eigenvalue weighted by Gasteiger charge is -2.18. The van der Waals surface area contributed by atoms with E-state index >= 15 is 0 Å². The molecule has 22 heavy (non-hydrogen) atoms. The Balaban J connectivity index is 2.19. The molecule has 0 aromatic carbocycles. The zero-order valence-corrected chi connectivity index (χ0v) is 15.0. The van der Waals surface area contributed by atoms with Crippen LogP contribution in [0, 0.1) is 26.7 Å². The average molecular weight is 319 g/mol. The van der Waals surface area contributed by atoms with Crippen molar-refractivity contribution < 1.29 is 4.79 Å². The zero-order valence-electron chi connectivity index (χ0n) is 14.2. The number of nitrogens with zero attached hydrogens (tertiary/aromatic N) is 2. The van der Waals surface area contributed by atoms with E-state index in [4.69, 9.17) is 0 Å². The summed E-state index contributed by atoms with van der Waals surface area (Å²) >= 11 is 1.65. The van der Waals surface area contributed by atoms with E-state index in [2.05, 4.69) is 47.1 Å². The molecule has 5 heteroatoms. The van der Waals surface area contributed by atoms with E-state index in [0.29, 0.717) is 12.5 Å². The van der Waals surface area contributed by atoms with Gasteiger partial charge in [-0.25, -0.2) is 4.98 Å². The van der Waals surface area contributed by atoms with Gasteiger partial charge in [0.15, 0.2) is 0 Å². The Kier molecular flexibility index (Phi) is 5.06. The Morgan fingerprint density at radius 3 is 2.55 bits per heavy atom. The number of aryl methyl sites for hydroxylation is 2. The molecule has 0 saturated carbocycles. The highest BCUT2D eigenvalue weighted by atomic mass is 32.1. The Labute approximate surface area is 136 Å². The molecule has 4 nitrogen and oxygen atoms in total. The number of thiazole rings is 1. The summed E-state index contributed by atoms with van der Waals surface area (Å²) in [5.41, 5.74) is 4.30. The minimum atomic E-state index is 0.0593. The van der Waals surface area contributed by atoms with Gasteiger partial charge in [-0.3, -0.25) is 4.79 Å². The fourth-order valence-electron chi connectivity index (χ4n) is 2.40. The zero-order chi connectivity index (χ0) is 16.4. The van der Waals surface area contributed by atoms with Gasteiger partial charge in [0.2, 0.25) is 5.91 Å². The number of hydrogen-bond acceptors (Lipinski definition) is 3. The molecule has 2 rings (SSSR count). The molecule has 2 aromatic rings. The van der Waals surface area contributed by atoms with Gasteiger partial charge in [0.25, 0.3) is 0 Å². The van der Waals surface area contributed by atoms with E-state index < -0.39 is 0 Å². The van der Waals surface area contributed by atoms with Gasteiger partial charge in [-0.15, -0.1) is 11.3 Å². The number of amides is 1. The number of rotatable bonds is 5. The third kappa shape index (κ3) is 3.58. The van der Waals surface area contributed by atoms with Gasteiger partial charge in [-0.05, 0) is 39.7 Å². The van der Waals surface area contributed by atoms with Gasteiger partial charge < -0.3 is 9.88 Å². The standard InChI is InChI=1S/C17H25N3OS/c1-10(2)12(4)18-17(21)8-20-11(3)7-15(13(20)5)16-9-22-14(6)19-16/h7,9-10,12H,8H2,1-6H3,(H,18,21)/t12-/m1/s1. The second-order valence-corrected chi connectivity index (χ2v) is 7.29. The van der Waals surface area contributed by atoms with Gasteiger partial charge in [-0.2, -0.15) is 0 Å². The first-order valence-electron chi connectivity index (χ1n) is 7.68. The van der Waals surface area contributed by atoms with Crippen molar-refractivity contribution in [2.75, 3.05) is 0 Å². The van der Waals surface area contributed by atoms with Crippen molar-refractivity contribution in [2.45, 2.75) is 54.1 Å². The number of nitrogens with one attached hydrogen (secondary N) is 1. The molecule has 0 aliphatic rings. The van der Waals surface area contributed by atoms with Crippen LogP contribution < -0.4 is 5.32 Å². The van der Waals surface area contributed by atoms with Crippen molar-refractivity contribution in [1.29, 1.82) is 0 Å². The molecule has 0 aliphatic heterocycles. The third-order valence-electron chi connectivity index (χ3n) is 4.16. The molecule has 1 N–H and O–H groups in total. The van der Waals surface area contributed by atoms with Gasteiger partial charge >= 0.3 is 0 Å². The molecule has 2 heterocycles. The maximum Gasteiger partial charge on any atom is 0.240 e. The van der Waals surface area contributed by atoms with E-state index in [0.717, 1.165) is 27.7 Å². The minimum absolute atomic E-state index is 0.0593. The van der Waals surface area contributed by atoms with Gasteiger partial charge in [0.1, 0.15) is 6.54 Å². The largest absolute Gasteiger partial charge is 0.352 e. The molecule has 1 atom stereocenters. The molecule has 0 spiro atoms. The van der Waals surface area contributed by atoms with E-state index in [1.54, 1.807) is 11.3 Å². The number of carbonyl (C=O) groups excluding carboxylic acids is 1. The predicted molar refractivity (Wildman–Crippen MR) is 92.2 cm³/mol. The molecule has 0 unspecified atom stereocenters. The first-order valence-corrected chi connectivity index (χ1v) is 8.56. The lowest BCUT2D eigenvalue weighted by atomic mass is 10.1. The highest BCUT2D eigenvalue weighted by Gasteiger charge is 2.16. The van der Waals surface area contributed by atoms with Crippen LogP contribution in [0.3, 0.4) is 0 Å². The van der Waals surface area contributed by atoms with Crippen molar-refractivity contribution in [2.24, 2.45) is 5.92 Å². The van der Waals surface area contributed by atoms with Crippen molar-refractivity contribution in [3.63, 3.8) is 0 Å². The Hall–Kier alpha value is -1.62. The van der Waals surface area contributed by atoms with E-state index in [9.17, 15) is 4.79 Å². The summed E-state index contributed by atoms with van der Waals surface area (Å²) in [6.07, 6.45) is 0. The molecular weight excluding hydrogens is 294 g/mol. The molecule has 0 saturated heterocycles. The van der Waals surface area contributed by atoms with Crippen molar-refractivity contribution in [1.82, 2.24) is 14.9 Å². The van der Waals surface area contributed by atoms with E-state index in [1.165, 1.54) is 0 Å². The number of hydrogen-bond donors (Lipinski definition) is 1. The minimum Gasteiger partial charge on any atom is -0.352 e. The molecular formula is C17H25N3OS. The first kappa shape index (κ1) is 16.7. The number of aromatic nitrogens is 2. The molecule has 120 valence electrons. The summed E-state index contributed by atoms with van der Waals surface area (Å²) in [4.78, 5) is 16.8. The van der Waals surface area contributed by atoms with Crippen LogP contribution in [0.2, 0.25) is 0 Å². The maximum absolute atomic E-state index is 12.2. The van der Waals surface area contributed by atoms with E-state index in [-0.39, 0.29) is 11.9 Å². The Morgan fingerprint density at radius 1 is 1.32 bits per heavy atom. The second-order valence-electron chi connectivity index (χ2n) is 6.22. The highest BCUT2D eigenvalue weighted by Crippen LogP contribution is 2.27. The third-order valence-corrected chi connectivity index (χ3v) is 4.93. The number of carbonyl (C=O) groups is 1. The normalized spacial score (nSPS) is 12.7. The Morgan fingerprint density at radius 2 is 2.00 bits per heavy atom. The van der Waals surface area contributed by atoms with Crippen LogP contribution in [0.5, 0.6) is 0 Å². The van der Waals surface area contributed by atoms with Crippen LogP contribution in [-0.2, 0) is 11.3 Å². The second kappa shape index (κ2) is 6.65. The molecule has 0 aliphatic carbocycles. The van der Waals surface area contributed by atoms with Gasteiger partial charge in [0.05, 0.1) is 10.7 Å². The first-order chi connectivity index (χ1) is 10.3. The molecule has 0 bridgehead atoms. The fourth-order valence-corrected chi connectivity index (χ4v) is 3.01. The smallest absolute Gasteiger partial charge is 0.240 e. The summed E-state index contributed by atoms with van der Waals surface area (Å²) in [6.45, 7) is 12.7. The monoisotopic (exact) mass is 319 g/mol. The quantitative estimate of drug-likeness (QED) is 0.913. The van der Waals surface area contributed by atoms with Crippen LogP contribution in [0.15, 0.2) is 11.4 Å². The highest BCUT2D eigenvalue weighted by molar-refractivity contribution is 7.09. The fraction of sp³-hybridized carbons (Fsp3) is 0.529. The van der Waals surface area contributed by atoms with Crippen LogP contribution in [0.4, 0.5) is 0 Å². The summed E-state index contributed by atoms with van der Waals surface area (Å²) < 4.78 is 2.06. The van der Waals surface area contributed by atoms with Crippen LogP contribution in [0.25, 0.3) is 11.3 Å². The summed E-state index contributed by atoms with van der Waals surface area (Å²) in [5, 5.41) is 6.19. The predicted octanol–water partition coefficient (Wildman–Crippen LogP) is 3.70. The van der Waals surface area contributed by atoms with Crippen molar-refractivity contribution in [3.05, 3.63) is 27.8 Å². The van der Waals surface area contributed by atoms with Crippen molar-refractivity contribution in [3.8, 4) is 11.3 Å². The average Bonchev–Trinajstić information content (AvgIpc) is 2.97. The maximum atomic E-state index is 12.2. The topological polar surface area (TPSA) is 46.9 Å². The van der Waals surface area contributed by atoms with Crippen LogP contribution in [-0.4, -0.2) is 21.5 Å². The molecule has 2 aromatic heterocycles. The SMILES string of the molecule is Cc1nc(-c2cc(C)n(CC(=O)N[C@H](C)C(C)C)c2C)cs1. The summed E-state index contributed by atoms with van der Waals surface area (Å²) in [5.74, 6) is 0.494. The van der Waals surface area contributed by atoms with E-state index in [1.807, 2.05) is 20.8 Å². The van der Waals surface area contributed by atoms with Gasteiger partial charge in [-0.1, -0.05) is 13.8 Å². The molecule has 0 fully saturated rings. The van der Waals surface area contributed by atoms with Gasteiger partial charge in [0, 0.05) is 28.4 Å². The molecule has 0 radical (unpaired) electrons. The Bertz CT molecular complexity index is 669. The summed E-state index contributed by atoms with van der Waals surface area (Å²) in [6, 6.07) is 2.30. The lowest BCUT2D eigenvalue weighted by molar-refractivity contribution is -0.122. The summed E-state index contributed by atoms with van der Waals surface area (Å²) in [7, 11) is 0. The lowest BCUT2D eigenvalue weighted by Crippen LogP contribution is -2.38. The molecule has 1 amide bonds. The van der Waals surface area contributed by atoms with Crippen LogP contribution >= 0.6 is 11.3 Å².